The maximum atomic E-state index is 11.9. The van der Waals surface area contributed by atoms with E-state index in [9.17, 15) is 9.90 Å². The van der Waals surface area contributed by atoms with E-state index in [4.69, 9.17) is 0 Å². The van der Waals surface area contributed by atoms with Crippen molar-refractivity contribution in [2.75, 3.05) is 18.1 Å². The average molecular weight is 313 g/mol. The number of aliphatic hydroxyl groups excluding tert-OH is 1. The van der Waals surface area contributed by atoms with Crippen molar-refractivity contribution in [2.24, 2.45) is 0 Å². The highest BCUT2D eigenvalue weighted by atomic mass is 79.9. The van der Waals surface area contributed by atoms with Crippen molar-refractivity contribution < 1.29 is 9.90 Å². The van der Waals surface area contributed by atoms with Crippen LogP contribution in [0.25, 0.3) is 0 Å². The third kappa shape index (κ3) is 2.67. The second-order valence-electron chi connectivity index (χ2n) is 4.51. The van der Waals surface area contributed by atoms with Crippen LogP contribution in [0, 0.1) is 0 Å². The summed E-state index contributed by atoms with van der Waals surface area (Å²) in [7, 11) is 0. The highest BCUT2D eigenvalue weighted by Gasteiger charge is 2.31. The number of nitrogens with zero attached hydrogens (tertiary/aromatic N) is 1. The second kappa shape index (κ2) is 5.71. The van der Waals surface area contributed by atoms with Crippen LogP contribution < -0.4 is 10.2 Å². The molecule has 1 saturated heterocycles. The first-order valence-electron chi connectivity index (χ1n) is 6.06. The maximum absolute atomic E-state index is 11.9. The topological polar surface area (TPSA) is 52.6 Å². The van der Waals surface area contributed by atoms with Gasteiger partial charge in [-0.25, -0.2) is 0 Å². The van der Waals surface area contributed by atoms with Crippen molar-refractivity contribution in [1.29, 1.82) is 0 Å². The molecule has 2 N–H and O–H groups in total. The number of carbonyl (C=O) groups excluding carboxylic acids is 1. The Morgan fingerprint density at radius 3 is 2.72 bits per heavy atom. The molecule has 18 heavy (non-hydrogen) atoms. The van der Waals surface area contributed by atoms with Gasteiger partial charge in [-0.1, -0.05) is 15.9 Å². The minimum Gasteiger partial charge on any atom is -0.394 e. The lowest BCUT2D eigenvalue weighted by Crippen LogP contribution is -2.49. The van der Waals surface area contributed by atoms with E-state index < -0.39 is 6.04 Å². The molecule has 0 aliphatic carbocycles. The first kappa shape index (κ1) is 13.4. The quantitative estimate of drug-likeness (QED) is 0.870. The zero-order valence-electron chi connectivity index (χ0n) is 10.3. The largest absolute Gasteiger partial charge is 0.394 e. The zero-order valence-corrected chi connectivity index (χ0v) is 11.9. The molecule has 0 saturated carbocycles. The van der Waals surface area contributed by atoms with Crippen LogP contribution in [0.4, 0.5) is 5.69 Å². The molecule has 5 heteroatoms. The lowest BCUT2D eigenvalue weighted by molar-refractivity contribution is -0.122. The van der Waals surface area contributed by atoms with Gasteiger partial charge in [-0.15, -0.1) is 0 Å². The molecule has 1 aromatic carbocycles. The summed E-state index contributed by atoms with van der Waals surface area (Å²) in [5, 5.41) is 12.3. The number of anilines is 1. The van der Waals surface area contributed by atoms with Crippen molar-refractivity contribution in [2.45, 2.75) is 25.4 Å². The molecular formula is C13H17BrN2O2. The first-order valence-corrected chi connectivity index (χ1v) is 6.85. The number of aliphatic hydroxyl groups is 1. The van der Waals surface area contributed by atoms with Crippen LogP contribution in [0.1, 0.15) is 13.3 Å². The van der Waals surface area contributed by atoms with Crippen LogP contribution in [-0.2, 0) is 4.79 Å². The van der Waals surface area contributed by atoms with E-state index in [-0.39, 0.29) is 18.6 Å². The molecule has 0 aromatic heterocycles. The predicted molar refractivity (Wildman–Crippen MR) is 74.6 cm³/mol. The summed E-state index contributed by atoms with van der Waals surface area (Å²) in [5.41, 5.74) is 0.960. The minimum absolute atomic E-state index is 0.107. The molecule has 1 fully saturated rings. The Morgan fingerprint density at radius 2 is 2.11 bits per heavy atom. The van der Waals surface area contributed by atoms with Gasteiger partial charge in [-0.3, -0.25) is 4.79 Å². The zero-order chi connectivity index (χ0) is 13.1. The summed E-state index contributed by atoms with van der Waals surface area (Å²) >= 11 is 3.40. The number of hydrogen-bond acceptors (Lipinski definition) is 3. The summed E-state index contributed by atoms with van der Waals surface area (Å²) in [5.74, 6) is -0.107. The molecule has 1 heterocycles. The van der Waals surface area contributed by atoms with Gasteiger partial charge in [0.05, 0.1) is 6.61 Å². The molecule has 0 spiro atoms. The van der Waals surface area contributed by atoms with Crippen molar-refractivity contribution in [3.63, 3.8) is 0 Å². The van der Waals surface area contributed by atoms with Crippen LogP contribution in [0.5, 0.6) is 0 Å². The van der Waals surface area contributed by atoms with E-state index in [0.717, 1.165) is 16.6 Å². The van der Waals surface area contributed by atoms with Gasteiger partial charge in [0.25, 0.3) is 0 Å². The van der Waals surface area contributed by atoms with Crippen LogP contribution >= 0.6 is 15.9 Å². The summed E-state index contributed by atoms with van der Waals surface area (Å²) in [4.78, 5) is 13.9. The molecule has 2 atom stereocenters. The minimum atomic E-state index is -0.510. The Bertz CT molecular complexity index is 422. The molecule has 2 unspecified atom stereocenters. The molecule has 0 radical (unpaired) electrons. The van der Waals surface area contributed by atoms with Crippen LogP contribution in [-0.4, -0.2) is 36.2 Å². The number of rotatable bonds is 2. The van der Waals surface area contributed by atoms with Gasteiger partial charge in [-0.05, 0) is 37.6 Å². The molecule has 1 aliphatic rings. The monoisotopic (exact) mass is 312 g/mol. The number of hydrogen-bond donors (Lipinski definition) is 2. The molecule has 1 amide bonds. The van der Waals surface area contributed by atoms with Crippen molar-refractivity contribution in [1.82, 2.24) is 5.32 Å². The van der Waals surface area contributed by atoms with E-state index in [0.29, 0.717) is 6.54 Å². The standard InChI is InChI=1S/C13H17BrN2O2/c1-9-6-7-15-13(18)12(8-17)16(9)11-4-2-10(14)3-5-11/h2-5,9,12,17H,6-8H2,1H3,(H,15,18). The van der Waals surface area contributed by atoms with Gasteiger partial charge in [0.15, 0.2) is 0 Å². The smallest absolute Gasteiger partial charge is 0.245 e. The highest BCUT2D eigenvalue weighted by Crippen LogP contribution is 2.25. The molecule has 1 aromatic rings. The number of halogens is 1. The fourth-order valence-corrected chi connectivity index (χ4v) is 2.58. The van der Waals surface area contributed by atoms with Gasteiger partial charge in [0.2, 0.25) is 5.91 Å². The number of benzene rings is 1. The van der Waals surface area contributed by atoms with Crippen LogP contribution in [0.15, 0.2) is 28.7 Å². The fourth-order valence-electron chi connectivity index (χ4n) is 2.31. The molecular weight excluding hydrogens is 296 g/mol. The first-order chi connectivity index (χ1) is 8.63. The van der Waals surface area contributed by atoms with Gasteiger partial charge in [0, 0.05) is 22.7 Å². The second-order valence-corrected chi connectivity index (χ2v) is 5.43. The van der Waals surface area contributed by atoms with Crippen molar-refractivity contribution in [3.05, 3.63) is 28.7 Å². The van der Waals surface area contributed by atoms with Gasteiger partial charge < -0.3 is 15.3 Å². The van der Waals surface area contributed by atoms with E-state index in [2.05, 4.69) is 28.2 Å². The summed E-state index contributed by atoms with van der Waals surface area (Å²) in [6, 6.07) is 7.51. The number of amides is 1. The van der Waals surface area contributed by atoms with Crippen molar-refractivity contribution >= 4 is 27.5 Å². The Kier molecular flexibility index (Phi) is 4.24. The van der Waals surface area contributed by atoms with Crippen molar-refractivity contribution in [3.8, 4) is 0 Å². The van der Waals surface area contributed by atoms with E-state index >= 15 is 0 Å². The maximum Gasteiger partial charge on any atom is 0.245 e. The Morgan fingerprint density at radius 1 is 1.44 bits per heavy atom. The van der Waals surface area contributed by atoms with Crippen LogP contribution in [0.3, 0.4) is 0 Å². The number of carbonyl (C=O) groups is 1. The lowest BCUT2D eigenvalue weighted by Gasteiger charge is -2.34. The predicted octanol–water partition coefficient (Wildman–Crippen LogP) is 1.52. The van der Waals surface area contributed by atoms with E-state index in [1.165, 1.54) is 0 Å². The Balaban J connectivity index is 2.35. The van der Waals surface area contributed by atoms with E-state index in [1.54, 1.807) is 0 Å². The van der Waals surface area contributed by atoms with Gasteiger partial charge in [-0.2, -0.15) is 0 Å². The van der Waals surface area contributed by atoms with Gasteiger partial charge in [0.1, 0.15) is 6.04 Å². The molecule has 4 nitrogen and oxygen atoms in total. The Hall–Kier alpha value is -1.07. The summed E-state index contributed by atoms with van der Waals surface area (Å²) in [6.07, 6.45) is 0.873. The third-order valence-electron chi connectivity index (χ3n) is 3.27. The highest BCUT2D eigenvalue weighted by molar-refractivity contribution is 9.10. The number of nitrogens with one attached hydrogen (secondary N) is 1. The fraction of sp³-hybridized carbons (Fsp3) is 0.462. The summed E-state index contributed by atoms with van der Waals surface area (Å²) in [6.45, 7) is 2.56. The lowest BCUT2D eigenvalue weighted by atomic mass is 10.1. The van der Waals surface area contributed by atoms with E-state index in [1.807, 2.05) is 29.2 Å². The molecule has 0 bridgehead atoms. The SMILES string of the molecule is CC1CCNC(=O)C(CO)N1c1ccc(Br)cc1. The molecule has 98 valence electrons. The molecule has 2 rings (SSSR count). The average Bonchev–Trinajstić information content (AvgIpc) is 2.49. The normalized spacial score (nSPS) is 24.6. The third-order valence-corrected chi connectivity index (χ3v) is 3.80. The Labute approximate surface area is 115 Å². The van der Waals surface area contributed by atoms with Gasteiger partial charge >= 0.3 is 0 Å². The van der Waals surface area contributed by atoms with Crippen LogP contribution in [0.2, 0.25) is 0 Å². The summed E-state index contributed by atoms with van der Waals surface area (Å²) < 4.78 is 0.999. The molecule has 1 aliphatic heterocycles.